The molecule has 2 rings (SSSR count). The first kappa shape index (κ1) is 14.0. The highest BCUT2D eigenvalue weighted by molar-refractivity contribution is 6.36. The molecule has 5 heteroatoms. The predicted molar refractivity (Wildman–Crippen MR) is 71.2 cm³/mol. The SMILES string of the molecule is CC[SiH2]C(OCCC1CCC2OC2C1)OC(C)=O. The van der Waals surface area contributed by atoms with Gasteiger partial charge in [-0.1, -0.05) is 13.0 Å². The Labute approximate surface area is 111 Å². The summed E-state index contributed by atoms with van der Waals surface area (Å²) in [7, 11) is -0.448. The second-order valence-electron chi connectivity index (χ2n) is 5.38. The molecule has 0 aromatic heterocycles. The van der Waals surface area contributed by atoms with Gasteiger partial charge in [-0.2, -0.15) is 0 Å². The minimum atomic E-state index is -0.448. The van der Waals surface area contributed by atoms with Crippen molar-refractivity contribution in [3.05, 3.63) is 0 Å². The monoisotopic (exact) mass is 272 g/mol. The largest absolute Gasteiger partial charge is 0.441 e. The zero-order valence-electron chi connectivity index (χ0n) is 11.4. The van der Waals surface area contributed by atoms with Gasteiger partial charge in [0.2, 0.25) is 0 Å². The Kier molecular flexibility index (Phi) is 5.21. The summed E-state index contributed by atoms with van der Waals surface area (Å²) >= 11 is 0. The number of rotatable bonds is 7. The van der Waals surface area contributed by atoms with Crippen molar-refractivity contribution in [1.29, 1.82) is 0 Å². The molecule has 1 saturated heterocycles. The number of carbonyl (C=O) groups excluding carboxylic acids is 1. The maximum absolute atomic E-state index is 10.9. The van der Waals surface area contributed by atoms with Crippen LogP contribution < -0.4 is 0 Å². The molecule has 0 N–H and O–H groups in total. The summed E-state index contributed by atoms with van der Waals surface area (Å²) in [5.41, 5.74) is 0. The number of hydrogen-bond donors (Lipinski definition) is 0. The topological polar surface area (TPSA) is 48.1 Å². The highest BCUT2D eigenvalue weighted by Crippen LogP contribution is 2.40. The minimum Gasteiger partial charge on any atom is -0.441 e. The van der Waals surface area contributed by atoms with E-state index in [-0.39, 0.29) is 11.9 Å². The van der Waals surface area contributed by atoms with Crippen LogP contribution in [0.25, 0.3) is 0 Å². The van der Waals surface area contributed by atoms with E-state index < -0.39 is 9.52 Å². The molecule has 0 amide bonds. The van der Waals surface area contributed by atoms with Crippen LogP contribution in [0.1, 0.15) is 39.5 Å². The molecule has 0 aromatic carbocycles. The number of esters is 1. The van der Waals surface area contributed by atoms with Gasteiger partial charge >= 0.3 is 5.97 Å². The fraction of sp³-hybridized carbons (Fsp3) is 0.923. The van der Waals surface area contributed by atoms with Gasteiger partial charge in [-0.15, -0.1) is 0 Å². The first-order chi connectivity index (χ1) is 8.69. The summed E-state index contributed by atoms with van der Waals surface area (Å²) in [6, 6.07) is 1.10. The van der Waals surface area contributed by atoms with Crippen LogP contribution in [0.15, 0.2) is 0 Å². The standard InChI is InChI=1S/C13H24O4Si/c1-3-18-13(16-9(2)14)15-7-6-10-4-5-11-12(8-10)17-11/h10-13H,3-8,18H2,1-2H3. The van der Waals surface area contributed by atoms with Gasteiger partial charge in [-0.25, -0.2) is 0 Å². The number of fused-ring (bicyclic) bond motifs is 1. The third-order valence-electron chi connectivity index (χ3n) is 3.76. The van der Waals surface area contributed by atoms with Gasteiger partial charge in [0.05, 0.1) is 18.8 Å². The van der Waals surface area contributed by atoms with Crippen LogP contribution >= 0.6 is 0 Å². The summed E-state index contributed by atoms with van der Waals surface area (Å²) in [5, 5.41) is 0. The van der Waals surface area contributed by atoms with Crippen molar-refractivity contribution in [2.45, 2.75) is 63.7 Å². The number of carbonyl (C=O) groups is 1. The fourth-order valence-electron chi connectivity index (χ4n) is 2.71. The normalized spacial score (nSPS) is 32.2. The van der Waals surface area contributed by atoms with Crippen LogP contribution in [0.3, 0.4) is 0 Å². The molecule has 0 aromatic rings. The zero-order chi connectivity index (χ0) is 13.0. The molecule has 4 unspecified atom stereocenters. The highest BCUT2D eigenvalue weighted by Gasteiger charge is 2.43. The Balaban J connectivity index is 1.61. The second-order valence-corrected chi connectivity index (χ2v) is 7.62. The van der Waals surface area contributed by atoms with E-state index in [4.69, 9.17) is 14.2 Å². The van der Waals surface area contributed by atoms with Crippen molar-refractivity contribution < 1.29 is 19.0 Å². The van der Waals surface area contributed by atoms with Crippen LogP contribution in [0.2, 0.25) is 6.04 Å². The van der Waals surface area contributed by atoms with Crippen molar-refractivity contribution in [2.24, 2.45) is 5.92 Å². The fourth-order valence-corrected chi connectivity index (χ4v) is 3.87. The lowest BCUT2D eigenvalue weighted by Gasteiger charge is -2.21. The first-order valence-electron chi connectivity index (χ1n) is 7.13. The van der Waals surface area contributed by atoms with E-state index in [9.17, 15) is 4.79 Å². The lowest BCUT2D eigenvalue weighted by atomic mass is 9.87. The van der Waals surface area contributed by atoms with Gasteiger partial charge < -0.3 is 14.2 Å². The van der Waals surface area contributed by atoms with Crippen LogP contribution in [0.4, 0.5) is 0 Å². The van der Waals surface area contributed by atoms with Crippen LogP contribution in [-0.2, 0) is 19.0 Å². The zero-order valence-corrected chi connectivity index (χ0v) is 12.8. The average molecular weight is 272 g/mol. The molecule has 1 saturated carbocycles. The maximum atomic E-state index is 10.9. The van der Waals surface area contributed by atoms with E-state index in [2.05, 4.69) is 6.92 Å². The summed E-state index contributed by atoms with van der Waals surface area (Å²) in [5.74, 6) is 0.281. The van der Waals surface area contributed by atoms with E-state index in [1.165, 1.54) is 26.2 Å². The van der Waals surface area contributed by atoms with Gasteiger partial charge in [-0.05, 0) is 31.6 Å². The first-order valence-corrected chi connectivity index (χ1v) is 8.95. The van der Waals surface area contributed by atoms with Gasteiger partial charge in [-0.3, -0.25) is 4.79 Å². The van der Waals surface area contributed by atoms with Gasteiger partial charge in [0, 0.05) is 6.92 Å². The van der Waals surface area contributed by atoms with Crippen molar-refractivity contribution in [2.75, 3.05) is 6.61 Å². The molecule has 4 atom stereocenters. The lowest BCUT2D eigenvalue weighted by molar-refractivity contribution is -0.161. The molecule has 2 fully saturated rings. The molecule has 0 spiro atoms. The lowest BCUT2D eigenvalue weighted by Crippen LogP contribution is -2.27. The highest BCUT2D eigenvalue weighted by atomic mass is 28.2. The van der Waals surface area contributed by atoms with E-state index >= 15 is 0 Å². The molecule has 2 aliphatic rings. The van der Waals surface area contributed by atoms with Gasteiger partial charge in [0.25, 0.3) is 0 Å². The molecule has 4 nitrogen and oxygen atoms in total. The molecule has 1 aliphatic heterocycles. The second kappa shape index (κ2) is 6.68. The van der Waals surface area contributed by atoms with E-state index in [0.717, 1.165) is 18.4 Å². The summed E-state index contributed by atoms with van der Waals surface area (Å²) in [6.45, 7) is 4.29. The molecule has 1 heterocycles. The molecule has 1 aliphatic carbocycles. The van der Waals surface area contributed by atoms with Gasteiger partial charge in [0.1, 0.15) is 9.52 Å². The van der Waals surface area contributed by atoms with E-state index in [0.29, 0.717) is 18.8 Å². The van der Waals surface area contributed by atoms with Crippen LogP contribution in [0, 0.1) is 5.92 Å². The number of ether oxygens (including phenoxy) is 3. The molecule has 104 valence electrons. The predicted octanol–water partition coefficient (Wildman–Crippen LogP) is 1.41. The van der Waals surface area contributed by atoms with Crippen LogP contribution in [-0.4, -0.2) is 40.2 Å². The summed E-state index contributed by atoms with van der Waals surface area (Å²) in [4.78, 5) is 10.9. The third kappa shape index (κ3) is 4.37. The molecular weight excluding hydrogens is 248 g/mol. The Morgan fingerprint density at radius 1 is 1.44 bits per heavy atom. The van der Waals surface area contributed by atoms with E-state index in [1.807, 2.05) is 0 Å². The average Bonchev–Trinajstić information content (AvgIpc) is 3.06. The summed E-state index contributed by atoms with van der Waals surface area (Å²) in [6.07, 6.45) is 5.85. The minimum absolute atomic E-state index is 0.221. The van der Waals surface area contributed by atoms with E-state index in [1.54, 1.807) is 0 Å². The quantitative estimate of drug-likeness (QED) is 0.304. The smallest absolute Gasteiger partial charge is 0.304 e. The van der Waals surface area contributed by atoms with Crippen molar-refractivity contribution in [1.82, 2.24) is 0 Å². The molecule has 0 radical (unpaired) electrons. The van der Waals surface area contributed by atoms with Crippen molar-refractivity contribution in [3.63, 3.8) is 0 Å². The summed E-state index contributed by atoms with van der Waals surface area (Å²) < 4.78 is 16.4. The Morgan fingerprint density at radius 2 is 2.28 bits per heavy atom. The molecule has 0 bridgehead atoms. The van der Waals surface area contributed by atoms with Crippen molar-refractivity contribution in [3.8, 4) is 0 Å². The Hall–Kier alpha value is -0.393. The molecule has 18 heavy (non-hydrogen) atoms. The Morgan fingerprint density at radius 3 is 2.94 bits per heavy atom. The van der Waals surface area contributed by atoms with Crippen molar-refractivity contribution >= 4 is 15.5 Å². The van der Waals surface area contributed by atoms with Gasteiger partial charge in [0.15, 0.2) is 5.91 Å². The third-order valence-corrected chi connectivity index (χ3v) is 5.22. The van der Waals surface area contributed by atoms with Crippen LogP contribution in [0.5, 0.6) is 0 Å². The number of epoxide rings is 1. The maximum Gasteiger partial charge on any atom is 0.304 e. The molecular formula is C13H24O4Si. The Bertz CT molecular complexity index is 284. The number of hydrogen-bond acceptors (Lipinski definition) is 4.